The third kappa shape index (κ3) is 2.64. The molecule has 1 aliphatic rings. The average molecular weight is 366 g/mol. The lowest BCUT2D eigenvalue weighted by Crippen LogP contribution is -2.39. The molecule has 2 N–H and O–H groups in total. The largest absolute Gasteiger partial charge is 0.329 e. The number of hydrogen-bond acceptors (Lipinski definition) is 3. The van der Waals surface area contributed by atoms with Crippen molar-refractivity contribution in [1.82, 2.24) is 4.31 Å². The van der Waals surface area contributed by atoms with Crippen molar-refractivity contribution in [2.75, 3.05) is 13.1 Å². The third-order valence-electron chi connectivity index (χ3n) is 3.02. The van der Waals surface area contributed by atoms with Crippen molar-refractivity contribution in [1.29, 1.82) is 0 Å². The van der Waals surface area contributed by atoms with E-state index in [2.05, 4.69) is 22.6 Å². The van der Waals surface area contributed by atoms with E-state index in [1.165, 1.54) is 4.31 Å². The van der Waals surface area contributed by atoms with Gasteiger partial charge in [-0.05, 0) is 59.7 Å². The van der Waals surface area contributed by atoms with Gasteiger partial charge in [-0.3, -0.25) is 0 Å². The molecule has 1 aromatic rings. The molecule has 0 amide bonds. The van der Waals surface area contributed by atoms with E-state index in [1.807, 2.05) is 0 Å². The maximum Gasteiger partial charge on any atom is 0.243 e. The Bertz CT molecular complexity index is 487. The smallest absolute Gasteiger partial charge is 0.243 e. The second-order valence-corrected chi connectivity index (χ2v) is 7.24. The summed E-state index contributed by atoms with van der Waals surface area (Å²) in [7, 11) is -3.37. The molecule has 1 fully saturated rings. The molecule has 2 rings (SSSR count). The van der Waals surface area contributed by atoms with E-state index in [0.717, 1.165) is 16.4 Å². The summed E-state index contributed by atoms with van der Waals surface area (Å²) in [5.41, 5.74) is 5.62. The summed E-state index contributed by atoms with van der Waals surface area (Å²) < 4.78 is 27.3. The van der Waals surface area contributed by atoms with E-state index in [1.54, 1.807) is 24.3 Å². The predicted octanol–water partition coefficient (Wildman–Crippen LogP) is 1.40. The van der Waals surface area contributed by atoms with Crippen LogP contribution in [0.1, 0.15) is 12.8 Å². The van der Waals surface area contributed by atoms with Gasteiger partial charge in [0.05, 0.1) is 4.90 Å². The van der Waals surface area contributed by atoms with E-state index in [9.17, 15) is 8.42 Å². The first kappa shape index (κ1) is 13.3. The van der Waals surface area contributed by atoms with Crippen LogP contribution in [0.3, 0.4) is 0 Å². The molecular weight excluding hydrogens is 351 g/mol. The molecule has 0 bridgehead atoms. The summed E-state index contributed by atoms with van der Waals surface area (Å²) >= 11 is 2.16. The van der Waals surface area contributed by atoms with Crippen LogP contribution in [0.25, 0.3) is 0 Å². The lowest BCUT2D eigenvalue weighted by Gasteiger charge is -2.22. The number of halogens is 1. The van der Waals surface area contributed by atoms with E-state index in [0.29, 0.717) is 18.0 Å². The Hall–Kier alpha value is -0.180. The van der Waals surface area contributed by atoms with Gasteiger partial charge in [0.2, 0.25) is 10.0 Å². The molecule has 1 saturated heterocycles. The van der Waals surface area contributed by atoms with E-state index in [4.69, 9.17) is 5.73 Å². The van der Waals surface area contributed by atoms with Crippen molar-refractivity contribution in [3.8, 4) is 0 Å². The summed E-state index contributed by atoms with van der Waals surface area (Å²) in [6.45, 7) is 0.972. The maximum atomic E-state index is 12.4. The minimum atomic E-state index is -3.37. The van der Waals surface area contributed by atoms with Crippen LogP contribution in [-0.4, -0.2) is 31.9 Å². The number of hydrogen-bond donors (Lipinski definition) is 1. The van der Waals surface area contributed by atoms with Crippen molar-refractivity contribution in [3.05, 3.63) is 27.8 Å². The van der Waals surface area contributed by atoms with Gasteiger partial charge in [-0.15, -0.1) is 0 Å². The normalized spacial score (nSPS) is 21.9. The van der Waals surface area contributed by atoms with Crippen LogP contribution < -0.4 is 5.73 Å². The Kier molecular flexibility index (Phi) is 4.06. The fourth-order valence-corrected chi connectivity index (χ4v) is 4.17. The maximum absolute atomic E-state index is 12.4. The topological polar surface area (TPSA) is 63.4 Å². The number of nitrogens with zero attached hydrogens (tertiary/aromatic N) is 1. The van der Waals surface area contributed by atoms with Gasteiger partial charge in [-0.1, -0.05) is 0 Å². The lowest BCUT2D eigenvalue weighted by atomic mass is 10.2. The van der Waals surface area contributed by atoms with Gasteiger partial charge in [-0.25, -0.2) is 8.42 Å². The monoisotopic (exact) mass is 366 g/mol. The van der Waals surface area contributed by atoms with Crippen molar-refractivity contribution in [2.24, 2.45) is 5.73 Å². The Morgan fingerprint density at radius 3 is 2.59 bits per heavy atom. The molecular formula is C11H15IN2O2S. The Labute approximate surface area is 115 Å². The fraction of sp³-hybridized carbons (Fsp3) is 0.455. The van der Waals surface area contributed by atoms with E-state index < -0.39 is 10.0 Å². The molecule has 1 atom stereocenters. The molecule has 94 valence electrons. The molecule has 4 nitrogen and oxygen atoms in total. The first-order valence-corrected chi connectivity index (χ1v) is 8.05. The summed E-state index contributed by atoms with van der Waals surface area (Å²) in [5.74, 6) is 0. The van der Waals surface area contributed by atoms with Crippen molar-refractivity contribution < 1.29 is 8.42 Å². The van der Waals surface area contributed by atoms with Crippen LogP contribution in [0.4, 0.5) is 0 Å². The number of sulfonamides is 1. The molecule has 17 heavy (non-hydrogen) atoms. The summed E-state index contributed by atoms with van der Waals surface area (Å²) in [5, 5.41) is 0. The zero-order chi connectivity index (χ0) is 12.5. The first-order valence-electron chi connectivity index (χ1n) is 5.53. The molecule has 1 heterocycles. The molecule has 0 aromatic heterocycles. The van der Waals surface area contributed by atoms with Crippen molar-refractivity contribution in [3.63, 3.8) is 0 Å². The predicted molar refractivity (Wildman–Crippen MR) is 75.1 cm³/mol. The fourth-order valence-electron chi connectivity index (χ4n) is 2.10. The molecule has 0 spiro atoms. The van der Waals surface area contributed by atoms with Crippen LogP contribution in [0.5, 0.6) is 0 Å². The van der Waals surface area contributed by atoms with Crippen molar-refractivity contribution >= 4 is 32.6 Å². The van der Waals surface area contributed by atoms with Crippen LogP contribution in [-0.2, 0) is 10.0 Å². The second-order valence-electron chi connectivity index (χ2n) is 4.10. The molecule has 1 aliphatic heterocycles. The van der Waals surface area contributed by atoms with E-state index >= 15 is 0 Å². The highest BCUT2D eigenvalue weighted by Crippen LogP contribution is 2.25. The average Bonchev–Trinajstić information content (AvgIpc) is 2.78. The van der Waals surface area contributed by atoms with Gasteiger partial charge in [0, 0.05) is 22.7 Å². The molecule has 0 radical (unpaired) electrons. The highest BCUT2D eigenvalue weighted by atomic mass is 127. The molecule has 1 aromatic carbocycles. The van der Waals surface area contributed by atoms with Crippen molar-refractivity contribution in [2.45, 2.75) is 23.8 Å². The summed E-state index contributed by atoms with van der Waals surface area (Å²) in [6.07, 6.45) is 1.76. The first-order chi connectivity index (χ1) is 8.05. The summed E-state index contributed by atoms with van der Waals surface area (Å²) in [4.78, 5) is 0.360. The van der Waals surface area contributed by atoms with Crippen LogP contribution in [0.2, 0.25) is 0 Å². The second kappa shape index (κ2) is 5.21. The quantitative estimate of drug-likeness (QED) is 0.823. The molecule has 0 saturated carbocycles. The Morgan fingerprint density at radius 2 is 2.00 bits per heavy atom. The van der Waals surface area contributed by atoms with E-state index in [-0.39, 0.29) is 6.04 Å². The highest BCUT2D eigenvalue weighted by Gasteiger charge is 2.34. The zero-order valence-corrected chi connectivity index (χ0v) is 12.3. The number of nitrogens with two attached hydrogens (primary N) is 1. The molecule has 6 heteroatoms. The third-order valence-corrected chi connectivity index (χ3v) is 5.70. The van der Waals surface area contributed by atoms with Crippen LogP contribution in [0, 0.1) is 3.57 Å². The SMILES string of the molecule is NCC1CCCN1S(=O)(=O)c1ccc(I)cc1. The van der Waals surface area contributed by atoms with Gasteiger partial charge >= 0.3 is 0 Å². The van der Waals surface area contributed by atoms with Gasteiger partial charge in [0.15, 0.2) is 0 Å². The molecule has 1 unspecified atom stereocenters. The van der Waals surface area contributed by atoms with Gasteiger partial charge < -0.3 is 5.73 Å². The van der Waals surface area contributed by atoms with Crippen LogP contribution in [0.15, 0.2) is 29.2 Å². The van der Waals surface area contributed by atoms with Gasteiger partial charge in [-0.2, -0.15) is 4.31 Å². The Balaban J connectivity index is 2.33. The number of benzene rings is 1. The van der Waals surface area contributed by atoms with Crippen LogP contribution >= 0.6 is 22.6 Å². The minimum Gasteiger partial charge on any atom is -0.329 e. The molecule has 0 aliphatic carbocycles. The highest BCUT2D eigenvalue weighted by molar-refractivity contribution is 14.1. The minimum absolute atomic E-state index is 0.0423. The standard InChI is InChI=1S/C11H15IN2O2S/c12-9-3-5-11(6-4-9)17(15,16)14-7-1-2-10(14)8-13/h3-6,10H,1-2,7-8,13H2. The summed E-state index contributed by atoms with van der Waals surface area (Å²) in [6, 6.07) is 6.88. The Morgan fingerprint density at radius 1 is 1.35 bits per heavy atom. The van der Waals surface area contributed by atoms with Gasteiger partial charge in [0.25, 0.3) is 0 Å². The number of rotatable bonds is 3. The zero-order valence-electron chi connectivity index (χ0n) is 9.34. The van der Waals surface area contributed by atoms with Gasteiger partial charge in [0.1, 0.15) is 0 Å². The lowest BCUT2D eigenvalue weighted by molar-refractivity contribution is 0.393.